The number of aromatic nitrogens is 7. The molecule has 4 aliphatic rings. The normalized spacial score (nSPS) is 16.0. The summed E-state index contributed by atoms with van der Waals surface area (Å²) in [4.78, 5) is 89.6. The van der Waals surface area contributed by atoms with Crippen LogP contribution in [-0.4, -0.2) is 113 Å². The van der Waals surface area contributed by atoms with Gasteiger partial charge in [-0.25, -0.2) is 49.9 Å². The molecular weight excluding hydrogens is 1250 g/mol. The number of halogens is 7. The lowest BCUT2D eigenvalue weighted by Gasteiger charge is -2.34. The highest BCUT2D eigenvalue weighted by Gasteiger charge is 2.37. The second-order valence-corrected chi connectivity index (χ2v) is 23.1. The van der Waals surface area contributed by atoms with Gasteiger partial charge < -0.3 is 40.9 Å². The van der Waals surface area contributed by atoms with Crippen LogP contribution in [0.4, 0.5) is 65.9 Å². The van der Waals surface area contributed by atoms with Crippen LogP contribution in [0, 0.1) is 6.92 Å². The van der Waals surface area contributed by atoms with Gasteiger partial charge >= 0.3 is 12.4 Å². The quantitative estimate of drug-likeness (QED) is 0.0490. The lowest BCUT2D eigenvalue weighted by molar-refractivity contribution is -0.138. The van der Waals surface area contributed by atoms with Gasteiger partial charge in [0, 0.05) is 76.4 Å². The van der Waals surface area contributed by atoms with Gasteiger partial charge in [0.1, 0.15) is 65.6 Å². The fraction of sp³-hybridized carbons (Fsp3) is 0.186. The van der Waals surface area contributed by atoms with Gasteiger partial charge in [-0.1, -0.05) is 67.1 Å². The first-order chi connectivity index (χ1) is 44.0. The summed E-state index contributed by atoms with van der Waals surface area (Å²) >= 11 is 5.96. The van der Waals surface area contributed by atoms with Crippen LogP contribution >= 0.6 is 22.9 Å². The molecule has 4 aromatic heterocycles. The summed E-state index contributed by atoms with van der Waals surface area (Å²) in [5.41, 5.74) is 3.47. The summed E-state index contributed by atoms with van der Waals surface area (Å²) in [5, 5.41) is 26.3. The van der Waals surface area contributed by atoms with Crippen molar-refractivity contribution in [3.63, 3.8) is 0 Å². The zero-order valence-corrected chi connectivity index (χ0v) is 49.7. The Morgan fingerprint density at radius 2 is 1.24 bits per heavy atom. The van der Waals surface area contributed by atoms with E-state index in [2.05, 4.69) is 87.2 Å². The topological polar surface area (TPSA) is 307 Å². The molecule has 0 saturated carbocycles. The molecule has 0 spiro atoms. The highest BCUT2D eigenvalue weighted by molar-refractivity contribution is 7.15. The lowest BCUT2D eigenvalue weighted by atomic mass is 9.93. The van der Waals surface area contributed by atoms with Crippen molar-refractivity contribution in [3.05, 3.63) is 175 Å². The van der Waals surface area contributed by atoms with E-state index in [0.717, 1.165) is 12.1 Å². The molecule has 2 atom stereocenters. The van der Waals surface area contributed by atoms with E-state index in [0.29, 0.717) is 67.8 Å². The van der Waals surface area contributed by atoms with E-state index in [4.69, 9.17) is 26.1 Å². The molecule has 0 fully saturated rings. The SMILES string of the molecule is Cc1ccc(C(=O)Nc2ccc(Cl)c(C(F)(F)F)c2)cc1NC1=C2N=CN=CC2N(Cc2ccc(C(=O)Nc3nnc(C(F)(F)F)s3)cc2NC2=C3N=CN=CC3N(Cc3ccc(C(=O)Nc4cc(C(C)(C)C)on4)cc3Nc3ncnc4cncnc34)C=N2)C=N1. The Morgan fingerprint density at radius 3 is 1.85 bits per heavy atom. The van der Waals surface area contributed by atoms with Gasteiger partial charge in [0.05, 0.1) is 29.5 Å². The largest absolute Gasteiger partial charge is 0.445 e. The number of aryl methyl sites for hydroxylation is 1. The fourth-order valence-electron chi connectivity index (χ4n) is 9.60. The molecule has 0 bridgehead atoms. The molecule has 0 saturated heterocycles. The van der Waals surface area contributed by atoms with Gasteiger partial charge in [0.25, 0.3) is 17.7 Å². The van der Waals surface area contributed by atoms with Crippen molar-refractivity contribution >= 4 is 129 Å². The van der Waals surface area contributed by atoms with E-state index in [1.54, 1.807) is 73.2 Å². The monoisotopic (exact) mass is 1290 g/mol. The summed E-state index contributed by atoms with van der Waals surface area (Å²) in [6.07, 6.45) is 3.75. The molecule has 4 aliphatic heterocycles. The lowest BCUT2D eigenvalue weighted by Crippen LogP contribution is -2.41. The van der Waals surface area contributed by atoms with Gasteiger partial charge in [-0.15, -0.1) is 10.2 Å². The third-order valence-electron chi connectivity index (χ3n) is 14.3. The predicted molar refractivity (Wildman–Crippen MR) is 334 cm³/mol. The van der Waals surface area contributed by atoms with Crippen molar-refractivity contribution in [3.8, 4) is 0 Å². The molecule has 0 radical (unpaired) electrons. The average molecular weight is 1290 g/mol. The van der Waals surface area contributed by atoms with Crippen LogP contribution < -0.4 is 31.9 Å². The number of alkyl halides is 6. The van der Waals surface area contributed by atoms with Crippen LogP contribution in [0.3, 0.4) is 0 Å². The van der Waals surface area contributed by atoms with E-state index in [9.17, 15) is 40.7 Å². The first-order valence-corrected chi connectivity index (χ1v) is 28.7. The summed E-state index contributed by atoms with van der Waals surface area (Å²) in [6.45, 7) is 7.83. The van der Waals surface area contributed by atoms with Gasteiger partial charge in [-0.2, -0.15) is 26.3 Å². The third kappa shape index (κ3) is 13.3. The zero-order chi connectivity index (χ0) is 64.6. The van der Waals surface area contributed by atoms with Crippen molar-refractivity contribution in [2.75, 3.05) is 31.9 Å². The molecule has 8 aromatic rings. The Labute approximate surface area is 525 Å². The summed E-state index contributed by atoms with van der Waals surface area (Å²) in [6, 6.07) is 17.7. The Hall–Kier alpha value is -11.2. The fourth-order valence-corrected chi connectivity index (χ4v) is 10.4. The van der Waals surface area contributed by atoms with Gasteiger partial charge in [-0.05, 0) is 78.2 Å². The van der Waals surface area contributed by atoms with E-state index >= 15 is 0 Å². The Balaban J connectivity index is 0.827. The number of hydrogen-bond acceptors (Lipinski definition) is 23. The van der Waals surface area contributed by atoms with Gasteiger partial charge in [-0.3, -0.25) is 19.7 Å². The number of hydrogen-bond donors (Lipinski definition) is 6. The van der Waals surface area contributed by atoms with Crippen LogP contribution in [0.2, 0.25) is 5.02 Å². The first kappa shape index (κ1) is 61.1. The number of nitrogens with one attached hydrogen (secondary N) is 6. The molecule has 92 heavy (non-hydrogen) atoms. The average Bonchev–Trinajstić information content (AvgIpc) is 0.991. The molecule has 33 heteroatoms. The molecule has 0 aliphatic carbocycles. The summed E-state index contributed by atoms with van der Waals surface area (Å²) in [7, 11) is 0. The number of anilines is 7. The number of aliphatic imine (C=N–C) groups is 6. The number of fused-ring (bicyclic) bond motifs is 3. The van der Waals surface area contributed by atoms with Crippen molar-refractivity contribution in [1.29, 1.82) is 0 Å². The summed E-state index contributed by atoms with van der Waals surface area (Å²) in [5.74, 6) is -0.372. The maximum Gasteiger partial charge on any atom is 0.445 e. The molecule has 2 unspecified atom stereocenters. The third-order valence-corrected chi connectivity index (χ3v) is 15.5. The first-order valence-electron chi connectivity index (χ1n) is 27.5. The van der Waals surface area contributed by atoms with E-state index in [1.165, 1.54) is 62.0 Å². The summed E-state index contributed by atoms with van der Waals surface area (Å²) < 4.78 is 87.0. The van der Waals surface area contributed by atoms with Crippen LogP contribution in [0.5, 0.6) is 0 Å². The van der Waals surface area contributed by atoms with Gasteiger partial charge in [0.15, 0.2) is 23.3 Å². The van der Waals surface area contributed by atoms with E-state index in [-0.39, 0.29) is 69.7 Å². The zero-order valence-electron chi connectivity index (χ0n) is 48.2. The molecular formula is C59H46ClF6N21O4S. The Kier molecular flexibility index (Phi) is 16.4. The van der Waals surface area contributed by atoms with E-state index in [1.807, 2.05) is 25.7 Å². The number of nitrogens with zero attached hydrogens (tertiary/aromatic N) is 15. The highest BCUT2D eigenvalue weighted by Crippen LogP contribution is 2.39. The number of carbonyl (C=O) groups excluding carboxylic acids is 3. The highest BCUT2D eigenvalue weighted by atomic mass is 35.5. The number of amides is 3. The smallest absolute Gasteiger partial charge is 0.359 e. The maximum absolute atomic E-state index is 13.9. The van der Waals surface area contributed by atoms with Crippen LogP contribution in [0.15, 0.2) is 155 Å². The van der Waals surface area contributed by atoms with Crippen LogP contribution in [-0.2, 0) is 30.9 Å². The number of benzene rings is 4. The maximum atomic E-state index is 13.9. The number of rotatable bonds is 16. The van der Waals surface area contributed by atoms with Crippen molar-refractivity contribution in [2.45, 2.75) is 70.6 Å². The minimum Gasteiger partial charge on any atom is -0.359 e. The minimum atomic E-state index is -4.80. The van der Waals surface area contributed by atoms with Gasteiger partial charge in [0.2, 0.25) is 10.1 Å². The van der Waals surface area contributed by atoms with E-state index < -0.39 is 62.9 Å². The van der Waals surface area contributed by atoms with Crippen molar-refractivity contribution in [1.82, 2.24) is 45.1 Å². The molecule has 25 nitrogen and oxygen atoms in total. The van der Waals surface area contributed by atoms with Crippen LogP contribution in [0.1, 0.15) is 84.9 Å². The van der Waals surface area contributed by atoms with Crippen LogP contribution in [0.25, 0.3) is 11.0 Å². The number of carbonyl (C=O) groups is 3. The minimum absolute atomic E-state index is 0.00164. The molecule has 4 aromatic carbocycles. The molecule has 466 valence electrons. The molecule has 12 rings (SSSR count). The molecule has 6 N–H and O–H groups in total. The molecule has 3 amide bonds. The van der Waals surface area contributed by atoms with Crippen molar-refractivity contribution < 1.29 is 45.2 Å². The Morgan fingerprint density at radius 1 is 0.641 bits per heavy atom. The predicted octanol–water partition coefficient (Wildman–Crippen LogP) is 11.3. The second-order valence-electron chi connectivity index (χ2n) is 21.7. The molecule has 8 heterocycles. The Bertz CT molecular complexity index is 4550. The second kappa shape index (κ2) is 24.7. The van der Waals surface area contributed by atoms with Crippen molar-refractivity contribution in [2.24, 2.45) is 30.0 Å². The standard InChI is InChI=1S/C59H46ClF6N21O4S/c1-29-5-6-30(52(88)77-35-11-12-37(60)36(16-35)58(61,62)63)13-38(29)78-50-47-42(19-68-24-72-47)86(27-75-50)22-34-10-8-32(54(90)82-56-84-83-55(92-56)59(64,65)66)15-40(34)80-51-48-43(20-69-25-73-48)87(28-76-51)21-33-9-7-31(53(89)81-45-17-44(91-85-45)57(2,3)4)14-39(33)79-49-46-41(70-26-74-49)18-67-23-71-46/h5-20,23-28,42-43,78,80H,21-22H2,1-4H3,(H,77,88)(H,70,74,79)(H,81,85,89)(H,82,84,90).